The lowest BCUT2D eigenvalue weighted by atomic mass is 9.89. The minimum Gasteiger partial charge on any atom is -0.496 e. The van der Waals surface area contributed by atoms with Crippen LogP contribution < -0.4 is 4.74 Å². The molecule has 0 unspecified atom stereocenters. The molecule has 3 heterocycles. The van der Waals surface area contributed by atoms with Gasteiger partial charge in [-0.25, -0.2) is 9.18 Å². The number of carbonyl (C=O) groups is 1. The van der Waals surface area contributed by atoms with Crippen molar-refractivity contribution in [2.24, 2.45) is 0 Å². The molecule has 2 aromatic carbocycles. The van der Waals surface area contributed by atoms with E-state index in [0.717, 1.165) is 53.8 Å². The second kappa shape index (κ2) is 10.4. The second-order valence-corrected chi connectivity index (χ2v) is 10.6. The smallest absolute Gasteiger partial charge is 0.342 e. The quantitative estimate of drug-likeness (QED) is 0.278. The number of benzene rings is 2. The summed E-state index contributed by atoms with van der Waals surface area (Å²) < 4.78 is 25.1. The van der Waals surface area contributed by atoms with Gasteiger partial charge in [0.25, 0.3) is 0 Å². The maximum absolute atomic E-state index is 13.5. The summed E-state index contributed by atoms with van der Waals surface area (Å²) in [5.74, 6) is 0.303. The summed E-state index contributed by atoms with van der Waals surface area (Å²) in [7, 11) is 1.55. The number of halogens is 2. The molecule has 0 radical (unpaired) electrons. The number of hydrogen-bond acceptors (Lipinski definition) is 5. The van der Waals surface area contributed by atoms with Crippen LogP contribution in [0.4, 0.5) is 4.39 Å². The molecule has 182 valence electrons. The first-order valence-electron chi connectivity index (χ1n) is 11.6. The van der Waals surface area contributed by atoms with Crippen molar-refractivity contribution in [2.45, 2.75) is 31.9 Å². The van der Waals surface area contributed by atoms with Crippen molar-refractivity contribution in [3.05, 3.63) is 86.4 Å². The number of fused-ring (bicyclic) bond motifs is 1. The lowest BCUT2D eigenvalue weighted by Gasteiger charge is -2.32. The van der Waals surface area contributed by atoms with Crippen molar-refractivity contribution in [1.29, 1.82) is 0 Å². The molecule has 1 saturated heterocycles. The molecule has 1 aliphatic rings. The highest BCUT2D eigenvalue weighted by atomic mass is 35.5. The number of hydrogen-bond donors (Lipinski definition) is 1. The molecular formula is C27H26ClFN2O3S. The average Bonchev–Trinajstić information content (AvgIpc) is 3.48. The van der Waals surface area contributed by atoms with Crippen molar-refractivity contribution in [3.63, 3.8) is 0 Å². The number of thiophene rings is 1. The average molecular weight is 513 g/mol. The van der Waals surface area contributed by atoms with Crippen LogP contribution in [0.15, 0.2) is 54.7 Å². The summed E-state index contributed by atoms with van der Waals surface area (Å²) in [5.41, 5.74) is 3.58. The monoisotopic (exact) mass is 512 g/mol. The van der Waals surface area contributed by atoms with E-state index in [1.165, 1.54) is 23.0 Å². The van der Waals surface area contributed by atoms with Gasteiger partial charge in [-0.15, -0.1) is 11.3 Å². The van der Waals surface area contributed by atoms with E-state index in [1.54, 1.807) is 19.2 Å². The number of methoxy groups -OCH3 is 1. The van der Waals surface area contributed by atoms with Crippen LogP contribution in [0.2, 0.25) is 4.34 Å². The molecule has 5 nitrogen and oxygen atoms in total. The molecule has 0 bridgehead atoms. The first-order valence-corrected chi connectivity index (χ1v) is 12.8. The molecule has 0 amide bonds. The van der Waals surface area contributed by atoms with Gasteiger partial charge in [0.05, 0.1) is 11.4 Å². The van der Waals surface area contributed by atoms with Crippen LogP contribution in [-0.4, -0.2) is 36.1 Å². The van der Waals surface area contributed by atoms with E-state index >= 15 is 0 Å². The highest BCUT2D eigenvalue weighted by Crippen LogP contribution is 2.34. The number of aromatic amines is 1. The molecule has 35 heavy (non-hydrogen) atoms. The zero-order valence-electron chi connectivity index (χ0n) is 19.4. The van der Waals surface area contributed by atoms with E-state index in [-0.39, 0.29) is 12.4 Å². The number of esters is 1. The molecule has 1 aliphatic heterocycles. The van der Waals surface area contributed by atoms with Crippen LogP contribution >= 0.6 is 22.9 Å². The third-order valence-corrected chi connectivity index (χ3v) is 7.77. The van der Waals surface area contributed by atoms with Crippen molar-refractivity contribution >= 4 is 39.8 Å². The predicted molar refractivity (Wildman–Crippen MR) is 137 cm³/mol. The number of likely N-dealkylation sites (tertiary alicyclic amines) is 1. The fraction of sp³-hybridized carbons (Fsp3) is 0.296. The van der Waals surface area contributed by atoms with Gasteiger partial charge in [0.1, 0.15) is 23.7 Å². The Bertz CT molecular complexity index is 1340. The largest absolute Gasteiger partial charge is 0.496 e. The Labute approximate surface area is 212 Å². The summed E-state index contributed by atoms with van der Waals surface area (Å²) in [5, 5.41) is 1.10. The normalized spacial score (nSPS) is 14.9. The van der Waals surface area contributed by atoms with Gasteiger partial charge in [0.15, 0.2) is 0 Å². The fourth-order valence-electron chi connectivity index (χ4n) is 4.78. The third kappa shape index (κ3) is 5.37. The molecule has 1 N–H and O–H groups in total. The van der Waals surface area contributed by atoms with E-state index in [2.05, 4.69) is 9.88 Å². The van der Waals surface area contributed by atoms with E-state index in [0.29, 0.717) is 21.6 Å². The molecule has 0 spiro atoms. The minimum absolute atomic E-state index is 0.178. The Morgan fingerprint density at radius 3 is 2.74 bits per heavy atom. The first kappa shape index (κ1) is 23.9. The van der Waals surface area contributed by atoms with Crippen molar-refractivity contribution < 1.29 is 18.7 Å². The van der Waals surface area contributed by atoms with E-state index in [1.807, 2.05) is 36.5 Å². The molecule has 1 fully saturated rings. The fourth-order valence-corrected chi connectivity index (χ4v) is 5.78. The van der Waals surface area contributed by atoms with Crippen molar-refractivity contribution in [3.8, 4) is 5.75 Å². The summed E-state index contributed by atoms with van der Waals surface area (Å²) in [4.78, 5) is 19.3. The molecule has 8 heteroatoms. The summed E-state index contributed by atoms with van der Waals surface area (Å²) in [6.45, 7) is 2.82. The molecule has 0 atom stereocenters. The number of carbonyl (C=O) groups excluding carboxylic acids is 1. The summed E-state index contributed by atoms with van der Waals surface area (Å²) >= 11 is 7.35. The lowest BCUT2D eigenvalue weighted by molar-refractivity contribution is 0.0473. The topological polar surface area (TPSA) is 54.6 Å². The molecule has 2 aromatic heterocycles. The highest BCUT2D eigenvalue weighted by molar-refractivity contribution is 7.16. The Hall–Kier alpha value is -2.87. The Morgan fingerprint density at radius 2 is 2.00 bits per heavy atom. The lowest BCUT2D eigenvalue weighted by Crippen LogP contribution is -2.32. The van der Waals surface area contributed by atoms with Gasteiger partial charge in [-0.2, -0.15) is 0 Å². The van der Waals surface area contributed by atoms with Gasteiger partial charge >= 0.3 is 5.97 Å². The van der Waals surface area contributed by atoms with E-state index in [9.17, 15) is 9.18 Å². The molecule has 5 rings (SSSR count). The van der Waals surface area contributed by atoms with Gasteiger partial charge in [-0.05, 0) is 85.4 Å². The second-order valence-electron chi connectivity index (χ2n) is 8.80. The Balaban J connectivity index is 1.22. The van der Waals surface area contributed by atoms with Crippen LogP contribution in [0.5, 0.6) is 5.75 Å². The molecule has 0 saturated carbocycles. The number of piperidine rings is 1. The van der Waals surface area contributed by atoms with Gasteiger partial charge in [-0.1, -0.05) is 17.7 Å². The Morgan fingerprint density at radius 1 is 1.17 bits per heavy atom. The Kier molecular flexibility index (Phi) is 7.09. The van der Waals surface area contributed by atoms with Crippen LogP contribution in [0, 0.1) is 5.82 Å². The SMILES string of the molecule is COc1ccc(CN2CCC(c3c[nH]c4cc(F)ccc34)CC2)cc1C(=O)OCc1ccc(Cl)s1. The number of H-pyrrole nitrogens is 1. The minimum atomic E-state index is -0.414. The zero-order chi connectivity index (χ0) is 24.4. The van der Waals surface area contributed by atoms with E-state index in [4.69, 9.17) is 21.1 Å². The summed E-state index contributed by atoms with van der Waals surface area (Å²) in [6, 6.07) is 14.3. The highest BCUT2D eigenvalue weighted by Gasteiger charge is 2.24. The standard InChI is InChI=1S/C27H26ClFN2O3S/c1-33-25-6-2-17(12-22(25)27(32)34-16-20-4-7-26(28)35-20)15-31-10-8-18(9-11-31)23-14-30-24-13-19(29)3-5-21(23)24/h2-7,12-14,18,30H,8-11,15-16H2,1H3. The van der Waals surface area contributed by atoms with Crippen LogP contribution in [-0.2, 0) is 17.9 Å². The van der Waals surface area contributed by atoms with Crippen LogP contribution in [0.25, 0.3) is 10.9 Å². The zero-order valence-corrected chi connectivity index (χ0v) is 20.9. The van der Waals surface area contributed by atoms with Gasteiger partial charge in [-0.3, -0.25) is 4.90 Å². The van der Waals surface area contributed by atoms with Crippen LogP contribution in [0.1, 0.15) is 45.1 Å². The molecule has 0 aliphatic carbocycles. The number of ether oxygens (including phenoxy) is 2. The van der Waals surface area contributed by atoms with E-state index < -0.39 is 5.97 Å². The third-order valence-electron chi connectivity index (χ3n) is 6.57. The van der Waals surface area contributed by atoms with Gasteiger partial charge < -0.3 is 14.5 Å². The van der Waals surface area contributed by atoms with Gasteiger partial charge in [0.2, 0.25) is 0 Å². The number of aromatic nitrogens is 1. The first-order chi connectivity index (χ1) is 17.0. The maximum Gasteiger partial charge on any atom is 0.342 e. The number of nitrogens with one attached hydrogen (secondary N) is 1. The van der Waals surface area contributed by atoms with Crippen molar-refractivity contribution in [1.82, 2.24) is 9.88 Å². The maximum atomic E-state index is 13.5. The predicted octanol–water partition coefficient (Wildman–Crippen LogP) is 6.77. The molecular weight excluding hydrogens is 487 g/mol. The number of nitrogens with zero attached hydrogens (tertiary/aromatic N) is 1. The molecule has 4 aromatic rings. The van der Waals surface area contributed by atoms with Crippen LogP contribution in [0.3, 0.4) is 0 Å². The van der Waals surface area contributed by atoms with Gasteiger partial charge in [0, 0.05) is 28.5 Å². The number of rotatable bonds is 7. The summed E-state index contributed by atoms with van der Waals surface area (Å²) in [6.07, 6.45) is 4.08. The van der Waals surface area contributed by atoms with Crippen molar-refractivity contribution in [2.75, 3.05) is 20.2 Å².